The highest BCUT2D eigenvalue weighted by molar-refractivity contribution is 5.91. The van der Waals surface area contributed by atoms with Crippen LogP contribution in [-0.2, 0) is 4.79 Å². The average Bonchev–Trinajstić information content (AvgIpc) is 2.16. The molecular formula is C12H16N2O. The van der Waals surface area contributed by atoms with Gasteiger partial charge in [-0.25, -0.2) is 5.01 Å². The number of hydrogen-bond acceptors (Lipinski definition) is 2. The molecule has 0 saturated carbocycles. The zero-order valence-electron chi connectivity index (χ0n) is 9.32. The van der Waals surface area contributed by atoms with Gasteiger partial charge in [-0.3, -0.25) is 10.2 Å². The van der Waals surface area contributed by atoms with Gasteiger partial charge in [0.25, 0.3) is 5.91 Å². The van der Waals surface area contributed by atoms with Crippen molar-refractivity contribution < 1.29 is 4.79 Å². The lowest BCUT2D eigenvalue weighted by Crippen LogP contribution is -2.34. The third kappa shape index (κ3) is 4.42. The van der Waals surface area contributed by atoms with Gasteiger partial charge in [0.15, 0.2) is 0 Å². The number of carbonyl (C=O) groups is 1. The Morgan fingerprint density at radius 1 is 1.27 bits per heavy atom. The summed E-state index contributed by atoms with van der Waals surface area (Å²) in [5.74, 6) is -0.124. The molecule has 1 aromatic carbocycles. The first-order valence-electron chi connectivity index (χ1n) is 4.80. The Morgan fingerprint density at radius 2 is 1.87 bits per heavy atom. The summed E-state index contributed by atoms with van der Waals surface area (Å²) in [4.78, 5) is 11.3. The van der Waals surface area contributed by atoms with Crippen LogP contribution < -0.4 is 5.43 Å². The second-order valence-corrected chi connectivity index (χ2v) is 3.61. The van der Waals surface area contributed by atoms with Crippen LogP contribution in [0.4, 0.5) is 0 Å². The molecule has 80 valence electrons. The van der Waals surface area contributed by atoms with Gasteiger partial charge in [0.05, 0.1) is 0 Å². The quantitative estimate of drug-likeness (QED) is 0.599. The molecular weight excluding hydrogens is 188 g/mol. The van der Waals surface area contributed by atoms with E-state index >= 15 is 0 Å². The predicted molar refractivity (Wildman–Crippen MR) is 62.0 cm³/mol. The number of amides is 1. The number of nitrogens with one attached hydrogen (secondary N) is 1. The van der Waals surface area contributed by atoms with Gasteiger partial charge in [0.2, 0.25) is 0 Å². The molecule has 0 radical (unpaired) electrons. The van der Waals surface area contributed by atoms with E-state index in [-0.39, 0.29) is 5.91 Å². The van der Waals surface area contributed by atoms with Crippen LogP contribution in [0.2, 0.25) is 0 Å². The van der Waals surface area contributed by atoms with E-state index in [9.17, 15) is 4.79 Å². The third-order valence-electron chi connectivity index (χ3n) is 1.84. The Balaban J connectivity index is 2.57. The van der Waals surface area contributed by atoms with E-state index in [0.717, 1.165) is 5.56 Å². The summed E-state index contributed by atoms with van der Waals surface area (Å²) in [6.07, 6.45) is 3.31. The second-order valence-electron chi connectivity index (χ2n) is 3.61. The van der Waals surface area contributed by atoms with Crippen molar-refractivity contribution in [3.63, 3.8) is 0 Å². The zero-order valence-corrected chi connectivity index (χ0v) is 9.32. The molecule has 0 spiro atoms. The van der Waals surface area contributed by atoms with E-state index < -0.39 is 0 Å². The van der Waals surface area contributed by atoms with E-state index in [1.807, 2.05) is 31.2 Å². The van der Waals surface area contributed by atoms with E-state index in [4.69, 9.17) is 0 Å². The smallest absolute Gasteiger partial charge is 0.258 e. The van der Waals surface area contributed by atoms with Crippen molar-refractivity contribution in [3.8, 4) is 0 Å². The second kappa shape index (κ2) is 5.32. The van der Waals surface area contributed by atoms with Crippen molar-refractivity contribution in [2.24, 2.45) is 0 Å². The molecule has 0 atom stereocenters. The molecule has 1 N–H and O–H groups in total. The van der Waals surface area contributed by atoms with E-state index in [1.165, 1.54) is 11.6 Å². The third-order valence-corrected chi connectivity index (χ3v) is 1.84. The van der Waals surface area contributed by atoms with E-state index in [0.29, 0.717) is 0 Å². The molecule has 0 aliphatic heterocycles. The largest absolute Gasteiger partial charge is 0.286 e. The molecule has 15 heavy (non-hydrogen) atoms. The molecule has 0 aliphatic rings. The van der Waals surface area contributed by atoms with Crippen molar-refractivity contribution in [2.45, 2.75) is 6.92 Å². The lowest BCUT2D eigenvalue weighted by Gasteiger charge is -2.08. The number of rotatable bonds is 3. The topological polar surface area (TPSA) is 32.3 Å². The first-order valence-corrected chi connectivity index (χ1v) is 4.80. The molecule has 0 aromatic heterocycles. The van der Waals surface area contributed by atoms with Crippen LogP contribution in [0, 0.1) is 6.92 Å². The highest BCUT2D eigenvalue weighted by Gasteiger charge is 1.94. The molecule has 0 fully saturated rings. The van der Waals surface area contributed by atoms with Gasteiger partial charge < -0.3 is 0 Å². The van der Waals surface area contributed by atoms with Gasteiger partial charge in [-0.1, -0.05) is 29.8 Å². The van der Waals surface area contributed by atoms with E-state index in [2.05, 4.69) is 5.43 Å². The normalized spacial score (nSPS) is 10.9. The van der Waals surface area contributed by atoms with Gasteiger partial charge in [-0.15, -0.1) is 0 Å². The number of benzene rings is 1. The van der Waals surface area contributed by atoms with Crippen LogP contribution in [0.25, 0.3) is 6.08 Å². The first-order chi connectivity index (χ1) is 7.08. The maximum absolute atomic E-state index is 11.3. The number of aryl methyl sites for hydroxylation is 1. The molecule has 0 bridgehead atoms. The lowest BCUT2D eigenvalue weighted by molar-refractivity contribution is -0.119. The minimum Gasteiger partial charge on any atom is -0.286 e. The predicted octanol–water partition coefficient (Wildman–Crippen LogP) is 1.60. The van der Waals surface area contributed by atoms with Gasteiger partial charge in [0, 0.05) is 20.2 Å². The van der Waals surface area contributed by atoms with Crippen LogP contribution in [0.3, 0.4) is 0 Å². The standard InChI is InChI=1S/C12H16N2O/c1-10-4-6-11(7-5-10)8-9-12(15)13-14(2)3/h4-9H,1-3H3,(H,13,15)/b9-8+. The van der Waals surface area contributed by atoms with E-state index in [1.54, 1.807) is 25.2 Å². The van der Waals surface area contributed by atoms with Gasteiger partial charge in [-0.05, 0) is 18.6 Å². The molecule has 0 heterocycles. The summed E-state index contributed by atoms with van der Waals surface area (Å²) in [6, 6.07) is 8.00. The summed E-state index contributed by atoms with van der Waals surface area (Å²) in [5.41, 5.74) is 4.87. The summed E-state index contributed by atoms with van der Waals surface area (Å²) in [5, 5.41) is 1.61. The van der Waals surface area contributed by atoms with Crippen molar-refractivity contribution in [3.05, 3.63) is 41.5 Å². The minimum atomic E-state index is -0.124. The number of hydrazine groups is 1. The fourth-order valence-corrected chi connectivity index (χ4v) is 1.11. The first kappa shape index (κ1) is 11.5. The monoisotopic (exact) mass is 204 g/mol. The van der Waals surface area contributed by atoms with Crippen LogP contribution in [0.15, 0.2) is 30.3 Å². The van der Waals surface area contributed by atoms with Crippen LogP contribution in [0.5, 0.6) is 0 Å². The van der Waals surface area contributed by atoms with Crippen LogP contribution in [0.1, 0.15) is 11.1 Å². The maximum Gasteiger partial charge on any atom is 0.258 e. The van der Waals surface area contributed by atoms with Crippen molar-refractivity contribution in [1.82, 2.24) is 10.4 Å². The molecule has 0 unspecified atom stereocenters. The summed E-state index contributed by atoms with van der Waals surface area (Å²) < 4.78 is 0. The van der Waals surface area contributed by atoms with Crippen molar-refractivity contribution in [2.75, 3.05) is 14.1 Å². The van der Waals surface area contributed by atoms with Gasteiger partial charge in [0.1, 0.15) is 0 Å². The summed E-state index contributed by atoms with van der Waals surface area (Å²) in [6.45, 7) is 2.03. The summed E-state index contributed by atoms with van der Waals surface area (Å²) in [7, 11) is 3.55. The molecule has 3 nitrogen and oxygen atoms in total. The Kier molecular flexibility index (Phi) is 4.06. The van der Waals surface area contributed by atoms with Crippen LogP contribution >= 0.6 is 0 Å². The minimum absolute atomic E-state index is 0.124. The van der Waals surface area contributed by atoms with Gasteiger partial charge in [-0.2, -0.15) is 0 Å². The zero-order chi connectivity index (χ0) is 11.3. The highest BCUT2D eigenvalue weighted by atomic mass is 16.2. The fourth-order valence-electron chi connectivity index (χ4n) is 1.11. The maximum atomic E-state index is 11.3. The number of carbonyl (C=O) groups excluding carboxylic acids is 1. The summed E-state index contributed by atoms with van der Waals surface area (Å²) >= 11 is 0. The Bertz CT molecular complexity index is 352. The van der Waals surface area contributed by atoms with Gasteiger partial charge >= 0.3 is 0 Å². The van der Waals surface area contributed by atoms with Crippen LogP contribution in [-0.4, -0.2) is 25.0 Å². The Hall–Kier alpha value is -1.61. The van der Waals surface area contributed by atoms with Crippen molar-refractivity contribution >= 4 is 12.0 Å². The molecule has 1 rings (SSSR count). The fraction of sp³-hybridized carbons (Fsp3) is 0.250. The average molecular weight is 204 g/mol. The molecule has 0 saturated heterocycles. The number of nitrogens with zero attached hydrogens (tertiary/aromatic N) is 1. The Labute approximate surface area is 90.4 Å². The Morgan fingerprint density at radius 3 is 2.40 bits per heavy atom. The molecule has 1 aromatic rings. The molecule has 0 aliphatic carbocycles. The molecule has 1 amide bonds. The number of hydrogen-bond donors (Lipinski definition) is 1. The SMILES string of the molecule is Cc1ccc(/C=C/C(=O)NN(C)C)cc1. The molecule has 3 heteroatoms. The lowest BCUT2D eigenvalue weighted by atomic mass is 10.1. The van der Waals surface area contributed by atoms with Crippen molar-refractivity contribution in [1.29, 1.82) is 0 Å². The highest BCUT2D eigenvalue weighted by Crippen LogP contribution is 2.04.